The van der Waals surface area contributed by atoms with Gasteiger partial charge in [0.25, 0.3) is 0 Å². The van der Waals surface area contributed by atoms with Gasteiger partial charge in [0, 0.05) is 18.1 Å². The van der Waals surface area contributed by atoms with E-state index in [9.17, 15) is 0 Å². The first-order valence-electron chi connectivity index (χ1n) is 5.50. The second-order valence-electron chi connectivity index (χ2n) is 3.92. The average molecular weight is 297 g/mol. The van der Waals surface area contributed by atoms with Crippen LogP contribution in [0.25, 0.3) is 0 Å². The molecule has 0 aliphatic heterocycles. The Balaban J connectivity index is 2.26. The van der Waals surface area contributed by atoms with Crippen molar-refractivity contribution >= 4 is 34.5 Å². The van der Waals surface area contributed by atoms with Crippen molar-refractivity contribution in [2.75, 3.05) is 11.9 Å². The molecule has 2 heterocycles. The molecule has 0 aromatic carbocycles. The van der Waals surface area contributed by atoms with Crippen LogP contribution in [0.1, 0.15) is 10.6 Å². The molecule has 0 radical (unpaired) electrons. The molecule has 2 aromatic heterocycles. The Bertz CT molecular complexity index is 599. The summed E-state index contributed by atoms with van der Waals surface area (Å²) in [7, 11) is 1.92. The molecular formula is C12H13ClN4OS. The van der Waals surface area contributed by atoms with E-state index in [4.69, 9.17) is 22.5 Å². The molecule has 100 valence electrons. The topological polar surface area (TPSA) is 74.7 Å². The number of aromatic nitrogens is 1. The first kappa shape index (κ1) is 13.6. The van der Waals surface area contributed by atoms with Gasteiger partial charge in [0.05, 0.1) is 16.6 Å². The van der Waals surface area contributed by atoms with Crippen LogP contribution in [-0.4, -0.2) is 23.1 Å². The molecule has 0 unspecified atom stereocenters. The monoisotopic (exact) mass is 296 g/mol. The normalized spacial score (nSPS) is 11.6. The van der Waals surface area contributed by atoms with Crippen molar-refractivity contribution in [3.8, 4) is 0 Å². The molecule has 0 aliphatic carbocycles. The van der Waals surface area contributed by atoms with Gasteiger partial charge in [-0.3, -0.25) is 4.98 Å². The maximum Gasteiger partial charge on any atom is 0.190 e. The minimum atomic E-state index is -0.00772. The molecule has 0 aliphatic rings. The lowest BCUT2D eigenvalue weighted by atomic mass is 10.2. The van der Waals surface area contributed by atoms with Gasteiger partial charge in [-0.25, -0.2) is 0 Å². The number of nitrogens with two attached hydrogens (primary N) is 1. The van der Waals surface area contributed by atoms with E-state index in [1.54, 1.807) is 12.3 Å². The van der Waals surface area contributed by atoms with E-state index in [-0.39, 0.29) is 5.84 Å². The maximum atomic E-state index is 8.78. The molecule has 0 fully saturated rings. The van der Waals surface area contributed by atoms with Crippen LogP contribution in [0.3, 0.4) is 0 Å². The van der Waals surface area contributed by atoms with Crippen molar-refractivity contribution in [2.24, 2.45) is 10.9 Å². The van der Waals surface area contributed by atoms with E-state index in [0.29, 0.717) is 12.2 Å². The fourth-order valence-electron chi connectivity index (χ4n) is 1.71. The van der Waals surface area contributed by atoms with Gasteiger partial charge in [-0.2, -0.15) is 0 Å². The molecule has 7 heteroatoms. The summed E-state index contributed by atoms with van der Waals surface area (Å²) in [4.78, 5) is 7.24. The quantitative estimate of drug-likeness (QED) is 0.393. The molecule has 3 N–H and O–H groups in total. The summed E-state index contributed by atoms with van der Waals surface area (Å²) < 4.78 is 0.756. The van der Waals surface area contributed by atoms with Gasteiger partial charge >= 0.3 is 0 Å². The van der Waals surface area contributed by atoms with Crippen LogP contribution in [0.5, 0.6) is 0 Å². The summed E-state index contributed by atoms with van der Waals surface area (Å²) in [5.41, 5.74) is 6.87. The third kappa shape index (κ3) is 3.15. The van der Waals surface area contributed by atoms with Gasteiger partial charge in [0.2, 0.25) is 0 Å². The number of pyridine rings is 1. The molecule has 5 nitrogen and oxygen atoms in total. The number of oxime groups is 1. The lowest BCUT2D eigenvalue weighted by Crippen LogP contribution is -2.23. The van der Waals surface area contributed by atoms with E-state index in [1.165, 1.54) is 11.3 Å². The minimum absolute atomic E-state index is 0.00772. The van der Waals surface area contributed by atoms with Crippen LogP contribution in [-0.2, 0) is 6.54 Å². The van der Waals surface area contributed by atoms with Gasteiger partial charge in [-0.15, -0.1) is 11.3 Å². The predicted octanol–water partition coefficient (Wildman–Crippen LogP) is 2.53. The van der Waals surface area contributed by atoms with Gasteiger partial charge < -0.3 is 15.8 Å². The summed E-state index contributed by atoms with van der Waals surface area (Å²) >= 11 is 7.43. The van der Waals surface area contributed by atoms with Crippen molar-refractivity contribution in [1.82, 2.24) is 4.98 Å². The fraction of sp³-hybridized carbons (Fsp3) is 0.167. The first-order chi connectivity index (χ1) is 9.11. The molecule has 19 heavy (non-hydrogen) atoms. The van der Waals surface area contributed by atoms with Gasteiger partial charge in [-0.05, 0) is 24.3 Å². The third-order valence-electron chi connectivity index (χ3n) is 2.57. The van der Waals surface area contributed by atoms with Crippen LogP contribution in [0, 0.1) is 0 Å². The lowest BCUT2D eigenvalue weighted by molar-refractivity contribution is 0.318. The number of amidine groups is 1. The van der Waals surface area contributed by atoms with Crippen molar-refractivity contribution < 1.29 is 5.21 Å². The summed E-state index contributed by atoms with van der Waals surface area (Å²) in [5, 5.41) is 11.8. The van der Waals surface area contributed by atoms with E-state index in [2.05, 4.69) is 10.1 Å². The predicted molar refractivity (Wildman–Crippen MR) is 78.2 cm³/mol. The number of rotatable bonds is 4. The molecule has 0 bridgehead atoms. The zero-order valence-electron chi connectivity index (χ0n) is 10.2. The molecule has 0 atom stereocenters. The summed E-state index contributed by atoms with van der Waals surface area (Å²) in [5.74, 6) is -0.00772. The van der Waals surface area contributed by atoms with Crippen LogP contribution >= 0.6 is 22.9 Å². The number of halogens is 1. The standard InChI is InChI=1S/C12H13ClN4OS/c1-17(7-8-4-5-10(13)19-8)9-3-2-6-15-11(9)12(14)16-18/h2-6,18H,7H2,1H3,(H2,14,16). The van der Waals surface area contributed by atoms with Crippen LogP contribution in [0.4, 0.5) is 5.69 Å². The highest BCUT2D eigenvalue weighted by molar-refractivity contribution is 7.16. The highest BCUT2D eigenvalue weighted by atomic mass is 35.5. The Labute approximate surface area is 119 Å². The Kier molecular flexibility index (Phi) is 4.24. The van der Waals surface area contributed by atoms with Crippen molar-refractivity contribution in [1.29, 1.82) is 0 Å². The largest absolute Gasteiger partial charge is 0.409 e. The van der Waals surface area contributed by atoms with Crippen LogP contribution < -0.4 is 10.6 Å². The van der Waals surface area contributed by atoms with E-state index in [0.717, 1.165) is 14.9 Å². The number of hydrogen-bond donors (Lipinski definition) is 2. The van der Waals surface area contributed by atoms with E-state index >= 15 is 0 Å². The first-order valence-corrected chi connectivity index (χ1v) is 6.69. The molecule has 0 spiro atoms. The zero-order chi connectivity index (χ0) is 13.8. The lowest BCUT2D eigenvalue weighted by Gasteiger charge is -2.20. The SMILES string of the molecule is CN(Cc1ccc(Cl)s1)c1cccnc1/C(N)=N/O. The number of hydrogen-bond acceptors (Lipinski definition) is 5. The summed E-state index contributed by atoms with van der Waals surface area (Å²) in [6, 6.07) is 7.52. The Hall–Kier alpha value is -1.79. The van der Waals surface area contributed by atoms with Gasteiger partial charge in [-0.1, -0.05) is 16.8 Å². The van der Waals surface area contributed by atoms with E-state index in [1.807, 2.05) is 30.1 Å². The Morgan fingerprint density at radius 1 is 1.53 bits per heavy atom. The molecular weight excluding hydrogens is 284 g/mol. The van der Waals surface area contributed by atoms with Crippen molar-refractivity contribution in [3.05, 3.63) is 45.4 Å². The Morgan fingerprint density at radius 3 is 2.95 bits per heavy atom. The Morgan fingerprint density at radius 2 is 2.32 bits per heavy atom. The molecule has 2 aromatic rings. The number of thiophene rings is 1. The summed E-state index contributed by atoms with van der Waals surface area (Å²) in [6.45, 7) is 0.675. The summed E-state index contributed by atoms with van der Waals surface area (Å²) in [6.07, 6.45) is 1.60. The highest BCUT2D eigenvalue weighted by Gasteiger charge is 2.13. The minimum Gasteiger partial charge on any atom is -0.409 e. The van der Waals surface area contributed by atoms with Crippen molar-refractivity contribution in [2.45, 2.75) is 6.54 Å². The van der Waals surface area contributed by atoms with Crippen LogP contribution in [0.2, 0.25) is 4.34 Å². The smallest absolute Gasteiger partial charge is 0.190 e. The second kappa shape index (κ2) is 5.90. The fourth-order valence-corrected chi connectivity index (χ4v) is 2.85. The third-order valence-corrected chi connectivity index (χ3v) is 3.79. The zero-order valence-corrected chi connectivity index (χ0v) is 11.8. The maximum absolute atomic E-state index is 8.78. The number of anilines is 1. The molecule has 0 saturated heterocycles. The van der Waals surface area contributed by atoms with Gasteiger partial charge in [0.1, 0.15) is 5.69 Å². The molecule has 0 saturated carbocycles. The molecule has 2 rings (SSSR count). The molecule has 0 amide bonds. The van der Waals surface area contributed by atoms with E-state index < -0.39 is 0 Å². The second-order valence-corrected chi connectivity index (χ2v) is 5.72. The van der Waals surface area contributed by atoms with Crippen molar-refractivity contribution in [3.63, 3.8) is 0 Å². The average Bonchev–Trinajstić information content (AvgIpc) is 2.83. The van der Waals surface area contributed by atoms with Gasteiger partial charge in [0.15, 0.2) is 5.84 Å². The number of nitrogens with zero attached hydrogens (tertiary/aromatic N) is 3. The highest BCUT2D eigenvalue weighted by Crippen LogP contribution is 2.25. The van der Waals surface area contributed by atoms with Crippen LogP contribution in [0.15, 0.2) is 35.6 Å².